The van der Waals surface area contributed by atoms with E-state index < -0.39 is 0 Å². The Bertz CT molecular complexity index is 211. The third kappa shape index (κ3) is 1.87. The van der Waals surface area contributed by atoms with E-state index in [1.165, 1.54) is 0 Å². The van der Waals surface area contributed by atoms with E-state index in [1.54, 1.807) is 0 Å². The molecule has 1 unspecified atom stereocenters. The molecule has 0 aromatic carbocycles. The molecule has 1 heterocycles. The molecule has 3 nitrogen and oxygen atoms in total. The Morgan fingerprint density at radius 1 is 1.75 bits per heavy atom. The fraction of sp³-hybridized carbons (Fsp3) is 0.444. The van der Waals surface area contributed by atoms with Gasteiger partial charge in [0.1, 0.15) is 0 Å². The maximum Gasteiger partial charge on any atom is 0.207 e. The number of carbonyl (C=O) groups is 1. The van der Waals surface area contributed by atoms with E-state index in [0.717, 1.165) is 25.1 Å². The van der Waals surface area contributed by atoms with Gasteiger partial charge in [-0.25, -0.2) is 0 Å². The maximum atomic E-state index is 10.2. The van der Waals surface area contributed by atoms with Gasteiger partial charge in [0, 0.05) is 19.3 Å². The molecule has 1 aliphatic heterocycles. The van der Waals surface area contributed by atoms with Gasteiger partial charge in [-0.05, 0) is 6.42 Å². The second-order valence-corrected chi connectivity index (χ2v) is 2.92. The summed E-state index contributed by atoms with van der Waals surface area (Å²) in [5.74, 6) is 0. The van der Waals surface area contributed by atoms with Gasteiger partial charge in [-0.3, -0.25) is 4.79 Å². The Kier molecular flexibility index (Phi) is 2.91. The van der Waals surface area contributed by atoms with Gasteiger partial charge in [-0.15, -0.1) is 0 Å². The Morgan fingerprint density at radius 3 is 3.17 bits per heavy atom. The maximum absolute atomic E-state index is 10.2. The second-order valence-electron chi connectivity index (χ2n) is 2.92. The number of hydrogen-bond acceptors (Lipinski definition) is 2. The van der Waals surface area contributed by atoms with Crippen LogP contribution in [0.5, 0.6) is 0 Å². The first-order valence-corrected chi connectivity index (χ1v) is 4.00. The van der Waals surface area contributed by atoms with Crippen LogP contribution in [0.2, 0.25) is 0 Å². The Labute approximate surface area is 72.7 Å². The van der Waals surface area contributed by atoms with Gasteiger partial charge in [0.25, 0.3) is 0 Å². The largest absolute Gasteiger partial charge is 0.373 e. The molecule has 1 rings (SSSR count). The summed E-state index contributed by atoms with van der Waals surface area (Å²) >= 11 is 0. The van der Waals surface area contributed by atoms with E-state index in [1.807, 2.05) is 11.9 Å². The van der Waals surface area contributed by atoms with E-state index in [9.17, 15) is 4.79 Å². The lowest BCUT2D eigenvalue weighted by molar-refractivity contribution is -0.110. The van der Waals surface area contributed by atoms with Crippen LogP contribution >= 0.6 is 0 Å². The lowest BCUT2D eigenvalue weighted by atomic mass is 10.1. The zero-order valence-electron chi connectivity index (χ0n) is 7.29. The minimum Gasteiger partial charge on any atom is -0.373 e. The normalized spacial score (nSPS) is 23.6. The van der Waals surface area contributed by atoms with Crippen molar-refractivity contribution in [2.45, 2.75) is 12.5 Å². The van der Waals surface area contributed by atoms with Gasteiger partial charge >= 0.3 is 0 Å². The molecule has 0 bridgehead atoms. The van der Waals surface area contributed by atoms with Gasteiger partial charge in [-0.1, -0.05) is 18.7 Å². The van der Waals surface area contributed by atoms with E-state index in [2.05, 4.69) is 24.0 Å². The molecular weight excluding hydrogens is 152 g/mol. The summed E-state index contributed by atoms with van der Waals surface area (Å²) in [5, 5.41) is 2.73. The number of carbonyl (C=O) groups excluding carboxylic acids is 1. The average molecular weight is 166 g/mol. The lowest BCUT2D eigenvalue weighted by Crippen LogP contribution is -2.34. The highest BCUT2D eigenvalue weighted by atomic mass is 16.1. The van der Waals surface area contributed by atoms with Crippen LogP contribution in [0.3, 0.4) is 0 Å². The fourth-order valence-electron chi connectivity index (χ4n) is 1.23. The van der Waals surface area contributed by atoms with Crippen LogP contribution in [-0.4, -0.2) is 30.9 Å². The molecule has 1 atom stereocenters. The van der Waals surface area contributed by atoms with E-state index >= 15 is 0 Å². The van der Waals surface area contributed by atoms with Crippen LogP contribution < -0.4 is 5.32 Å². The van der Waals surface area contributed by atoms with Gasteiger partial charge < -0.3 is 10.2 Å². The van der Waals surface area contributed by atoms with Gasteiger partial charge in [-0.2, -0.15) is 0 Å². The summed E-state index contributed by atoms with van der Waals surface area (Å²) in [7, 11) is 1.97. The number of nitrogens with one attached hydrogen (secondary N) is 1. The first-order valence-electron chi connectivity index (χ1n) is 4.00. The molecule has 0 fully saturated rings. The van der Waals surface area contributed by atoms with Crippen LogP contribution in [0.25, 0.3) is 0 Å². The highest BCUT2D eigenvalue weighted by Gasteiger charge is 2.14. The van der Waals surface area contributed by atoms with Crippen molar-refractivity contribution in [1.82, 2.24) is 10.2 Å². The Balaban J connectivity index is 2.64. The highest BCUT2D eigenvalue weighted by molar-refractivity contribution is 5.48. The summed E-state index contributed by atoms with van der Waals surface area (Å²) in [6.45, 7) is 4.79. The number of hydrogen-bond donors (Lipinski definition) is 1. The molecule has 0 aromatic rings. The zero-order valence-corrected chi connectivity index (χ0v) is 7.29. The van der Waals surface area contributed by atoms with Crippen molar-refractivity contribution < 1.29 is 4.79 Å². The summed E-state index contributed by atoms with van der Waals surface area (Å²) in [6.07, 6.45) is 5.71. The number of nitrogens with zero attached hydrogens (tertiary/aromatic N) is 1. The minimum atomic E-state index is 0.0613. The monoisotopic (exact) mass is 166 g/mol. The topological polar surface area (TPSA) is 32.3 Å². The van der Waals surface area contributed by atoms with Gasteiger partial charge in [0.05, 0.1) is 6.04 Å². The molecule has 66 valence electrons. The molecule has 0 radical (unpaired) electrons. The fourth-order valence-corrected chi connectivity index (χ4v) is 1.23. The van der Waals surface area contributed by atoms with Crippen molar-refractivity contribution in [3.63, 3.8) is 0 Å². The average Bonchev–Trinajstić information content (AvgIpc) is 2.20. The van der Waals surface area contributed by atoms with E-state index in [-0.39, 0.29) is 6.04 Å². The molecule has 1 aliphatic rings. The first-order chi connectivity index (χ1) is 5.75. The third-order valence-corrected chi connectivity index (χ3v) is 2.08. The predicted molar refractivity (Wildman–Crippen MR) is 48.5 cm³/mol. The van der Waals surface area contributed by atoms with Crippen molar-refractivity contribution in [2.24, 2.45) is 0 Å². The highest BCUT2D eigenvalue weighted by Crippen LogP contribution is 2.12. The molecule has 12 heavy (non-hydrogen) atoms. The third-order valence-electron chi connectivity index (χ3n) is 2.08. The van der Waals surface area contributed by atoms with E-state index in [0.29, 0.717) is 0 Å². The first kappa shape index (κ1) is 8.84. The SMILES string of the molecule is C=C1C(NC=O)CC=CCN1C. The zero-order chi connectivity index (χ0) is 8.97. The quantitative estimate of drug-likeness (QED) is 0.479. The smallest absolute Gasteiger partial charge is 0.207 e. The molecular formula is C9H14N2O. The summed E-state index contributed by atoms with van der Waals surface area (Å²) in [5.41, 5.74) is 0.965. The van der Waals surface area contributed by atoms with Crippen LogP contribution in [0.1, 0.15) is 6.42 Å². The van der Waals surface area contributed by atoms with Crippen LogP contribution in [0.4, 0.5) is 0 Å². The Morgan fingerprint density at radius 2 is 2.50 bits per heavy atom. The molecule has 0 aliphatic carbocycles. The van der Waals surface area contributed by atoms with E-state index in [4.69, 9.17) is 0 Å². The summed E-state index contributed by atoms with van der Waals surface area (Å²) in [4.78, 5) is 12.3. The molecule has 3 heteroatoms. The number of amides is 1. The van der Waals surface area contributed by atoms with Crippen LogP contribution in [0, 0.1) is 0 Å². The van der Waals surface area contributed by atoms with Crippen molar-refractivity contribution in [1.29, 1.82) is 0 Å². The van der Waals surface area contributed by atoms with Gasteiger partial charge in [0.2, 0.25) is 6.41 Å². The summed E-state index contributed by atoms with van der Waals surface area (Å²) < 4.78 is 0. The van der Waals surface area contributed by atoms with Crippen molar-refractivity contribution >= 4 is 6.41 Å². The predicted octanol–water partition coefficient (Wildman–Crippen LogP) is 0.506. The molecule has 1 amide bonds. The standard InChI is InChI=1S/C9H14N2O/c1-8-9(10-7-12)5-3-4-6-11(8)2/h3-4,7,9H,1,5-6H2,2H3,(H,10,12). The lowest BCUT2D eigenvalue weighted by Gasteiger charge is -2.24. The summed E-state index contributed by atoms with van der Waals surface area (Å²) in [6, 6.07) is 0.0613. The minimum absolute atomic E-state index is 0.0613. The van der Waals surface area contributed by atoms with Crippen molar-refractivity contribution in [3.8, 4) is 0 Å². The molecule has 1 N–H and O–H groups in total. The number of likely N-dealkylation sites (N-methyl/N-ethyl adjacent to an activating group) is 1. The van der Waals surface area contributed by atoms with Crippen LogP contribution in [-0.2, 0) is 4.79 Å². The van der Waals surface area contributed by atoms with Crippen LogP contribution in [0.15, 0.2) is 24.4 Å². The molecule has 0 saturated heterocycles. The van der Waals surface area contributed by atoms with Crippen molar-refractivity contribution in [3.05, 3.63) is 24.4 Å². The molecule has 0 aromatic heterocycles. The molecule has 0 spiro atoms. The van der Waals surface area contributed by atoms with Crippen molar-refractivity contribution in [2.75, 3.05) is 13.6 Å². The number of rotatable bonds is 2. The van der Waals surface area contributed by atoms with Gasteiger partial charge in [0.15, 0.2) is 0 Å². The second kappa shape index (κ2) is 3.95. The Hall–Kier alpha value is -1.25. The molecule has 0 saturated carbocycles.